The number of esters is 2. The molecule has 51 heavy (non-hydrogen) atoms. The molecule has 8 nitrogen and oxygen atoms in total. The highest BCUT2D eigenvalue weighted by Gasteiger charge is 2.25. The van der Waals surface area contributed by atoms with Gasteiger partial charge in [-0.15, -0.1) is 0 Å². The number of rotatable bonds is 35. The Balaban J connectivity index is 4.40. The normalized spacial score (nSPS) is 13.5. The first kappa shape index (κ1) is 48.3. The fourth-order valence-corrected chi connectivity index (χ4v) is 5.53. The molecule has 0 heterocycles. The van der Waals surface area contributed by atoms with E-state index < -0.39 is 18.1 Å². The predicted molar refractivity (Wildman–Crippen MR) is 208 cm³/mol. The Bertz CT molecular complexity index is 979. The Morgan fingerprint density at radius 3 is 1.65 bits per heavy atom. The molecule has 0 saturated heterocycles. The number of carboxylic acids is 1. The molecular weight excluding hydrogens is 642 g/mol. The van der Waals surface area contributed by atoms with Crippen molar-refractivity contribution in [2.45, 2.75) is 167 Å². The van der Waals surface area contributed by atoms with Gasteiger partial charge in [0.2, 0.25) is 0 Å². The standard InChI is InChI=1S/C43H75NO7/c1-6-8-10-12-14-16-18-19-20-21-22-24-25-27-29-31-33-41(45)50-38-39(37-49-36-35-40(43(47)48)44(3,4)5)51-42(46)34-32-30-28-26-23-17-15-13-11-9-7-2/h8,10,13-16,19-20,39-40H,6-7,9,11-12,17-18,21-38H2,1-5H3/b10-8+,15-13+,16-14+,20-19+. The van der Waals surface area contributed by atoms with Crippen LogP contribution >= 0.6 is 0 Å². The largest absolute Gasteiger partial charge is 0.544 e. The maximum absolute atomic E-state index is 12.6. The van der Waals surface area contributed by atoms with Crippen molar-refractivity contribution < 1.29 is 38.2 Å². The van der Waals surface area contributed by atoms with Gasteiger partial charge in [-0.2, -0.15) is 0 Å². The number of aliphatic carboxylic acids is 1. The minimum atomic E-state index is -1.13. The fraction of sp³-hybridized carbons (Fsp3) is 0.744. The fourth-order valence-electron chi connectivity index (χ4n) is 5.53. The van der Waals surface area contributed by atoms with Crippen molar-refractivity contribution in [2.24, 2.45) is 0 Å². The molecule has 2 unspecified atom stereocenters. The first-order chi connectivity index (χ1) is 24.6. The van der Waals surface area contributed by atoms with Crippen molar-refractivity contribution >= 4 is 17.9 Å². The second kappa shape index (κ2) is 34.4. The number of ether oxygens (including phenoxy) is 3. The van der Waals surface area contributed by atoms with Crippen LogP contribution in [-0.2, 0) is 28.6 Å². The lowest BCUT2D eigenvalue weighted by molar-refractivity contribution is -0.889. The highest BCUT2D eigenvalue weighted by atomic mass is 16.6. The van der Waals surface area contributed by atoms with Gasteiger partial charge in [-0.1, -0.05) is 120 Å². The lowest BCUT2D eigenvalue weighted by Gasteiger charge is -2.34. The summed E-state index contributed by atoms with van der Waals surface area (Å²) in [6.07, 6.45) is 38.5. The van der Waals surface area contributed by atoms with Crippen molar-refractivity contribution in [3.63, 3.8) is 0 Å². The molecule has 8 heteroatoms. The number of hydrogen-bond acceptors (Lipinski definition) is 7. The monoisotopic (exact) mass is 718 g/mol. The summed E-state index contributed by atoms with van der Waals surface area (Å²) < 4.78 is 17.1. The summed E-state index contributed by atoms with van der Waals surface area (Å²) in [5.41, 5.74) is 0. The van der Waals surface area contributed by atoms with E-state index in [1.54, 1.807) is 21.1 Å². The molecular formula is C43H75NO7. The number of carbonyl (C=O) groups excluding carboxylic acids is 3. The summed E-state index contributed by atoms with van der Waals surface area (Å²) in [4.78, 5) is 36.7. The molecule has 0 aromatic heterocycles. The topological polar surface area (TPSA) is 102 Å². The minimum Gasteiger partial charge on any atom is -0.544 e. The molecule has 0 saturated carbocycles. The quantitative estimate of drug-likeness (QED) is 0.0279. The zero-order valence-electron chi connectivity index (χ0n) is 33.3. The maximum Gasteiger partial charge on any atom is 0.306 e. The summed E-state index contributed by atoms with van der Waals surface area (Å²) in [6, 6.07) is -0.728. The van der Waals surface area contributed by atoms with Crippen LogP contribution in [0.3, 0.4) is 0 Å². The van der Waals surface area contributed by atoms with Crippen LogP contribution in [0.2, 0.25) is 0 Å². The summed E-state index contributed by atoms with van der Waals surface area (Å²) in [5.74, 6) is -1.77. The third kappa shape index (κ3) is 32.9. The first-order valence-corrected chi connectivity index (χ1v) is 20.2. The van der Waals surface area contributed by atoms with Crippen LogP contribution < -0.4 is 5.11 Å². The summed E-state index contributed by atoms with van der Waals surface area (Å²) in [7, 11) is 5.39. The van der Waals surface area contributed by atoms with Gasteiger partial charge in [0, 0.05) is 19.3 Å². The van der Waals surface area contributed by atoms with Gasteiger partial charge in [0.15, 0.2) is 6.10 Å². The second-order valence-electron chi connectivity index (χ2n) is 14.5. The molecule has 0 aliphatic heterocycles. The van der Waals surface area contributed by atoms with Gasteiger partial charge in [0.1, 0.15) is 12.6 Å². The van der Waals surface area contributed by atoms with Crippen molar-refractivity contribution in [1.82, 2.24) is 0 Å². The van der Waals surface area contributed by atoms with Crippen LogP contribution in [0.5, 0.6) is 0 Å². The molecule has 0 aliphatic carbocycles. The van der Waals surface area contributed by atoms with E-state index in [4.69, 9.17) is 14.2 Å². The lowest BCUT2D eigenvalue weighted by atomic mass is 10.1. The lowest BCUT2D eigenvalue weighted by Crippen LogP contribution is -2.55. The van der Waals surface area contributed by atoms with E-state index in [0.29, 0.717) is 12.8 Å². The number of likely N-dealkylation sites (N-methyl/N-ethyl adjacent to an activating group) is 1. The molecule has 0 spiro atoms. The molecule has 0 N–H and O–H groups in total. The first-order valence-electron chi connectivity index (χ1n) is 20.2. The number of unbranched alkanes of at least 4 members (excludes halogenated alkanes) is 13. The van der Waals surface area contributed by atoms with Gasteiger partial charge < -0.3 is 28.6 Å². The van der Waals surface area contributed by atoms with Crippen molar-refractivity contribution in [3.05, 3.63) is 48.6 Å². The number of nitrogens with zero attached hydrogens (tertiary/aromatic N) is 1. The highest BCUT2D eigenvalue weighted by molar-refractivity contribution is 5.70. The molecule has 0 rings (SSSR count). The molecule has 294 valence electrons. The number of allylic oxidation sites excluding steroid dienone is 8. The molecule has 0 aliphatic rings. The van der Waals surface area contributed by atoms with Gasteiger partial charge >= 0.3 is 11.9 Å². The predicted octanol–water partition coefficient (Wildman–Crippen LogP) is 9.13. The van der Waals surface area contributed by atoms with Crippen molar-refractivity contribution in [2.75, 3.05) is 41.0 Å². The Morgan fingerprint density at radius 2 is 1.10 bits per heavy atom. The average Bonchev–Trinajstić information content (AvgIpc) is 3.08. The molecule has 0 radical (unpaired) electrons. The highest BCUT2D eigenvalue weighted by Crippen LogP contribution is 2.13. The number of carbonyl (C=O) groups is 3. The van der Waals surface area contributed by atoms with Crippen LogP contribution in [-0.4, -0.2) is 75.5 Å². The molecule has 0 aromatic carbocycles. The summed E-state index contributed by atoms with van der Waals surface area (Å²) in [5, 5.41) is 11.6. The van der Waals surface area contributed by atoms with E-state index in [-0.39, 0.29) is 42.7 Å². The van der Waals surface area contributed by atoms with Crippen LogP contribution in [0.4, 0.5) is 0 Å². The van der Waals surface area contributed by atoms with Gasteiger partial charge in [-0.25, -0.2) is 0 Å². The van der Waals surface area contributed by atoms with E-state index in [9.17, 15) is 19.5 Å². The van der Waals surface area contributed by atoms with Gasteiger partial charge in [-0.05, 0) is 64.2 Å². The summed E-state index contributed by atoms with van der Waals surface area (Å²) in [6.45, 7) is 4.47. The number of carboxylic acid groups (broad SMARTS) is 1. The smallest absolute Gasteiger partial charge is 0.306 e. The van der Waals surface area contributed by atoms with Crippen LogP contribution in [0.25, 0.3) is 0 Å². The number of hydrogen-bond donors (Lipinski definition) is 0. The summed E-state index contributed by atoms with van der Waals surface area (Å²) >= 11 is 0. The molecule has 0 fully saturated rings. The SMILES string of the molecule is CC/C=C/C/C=C/C/C=C/CCCCCCCCC(=O)OCC(COCCC(C(=O)[O-])[N+](C)(C)C)OC(=O)CCCCCCC/C=C/CCCC. The molecule has 0 aromatic rings. The van der Waals surface area contributed by atoms with Crippen molar-refractivity contribution in [1.29, 1.82) is 0 Å². The molecule has 2 atom stereocenters. The minimum absolute atomic E-state index is 0.0320. The van der Waals surface area contributed by atoms with Gasteiger partial charge in [0.05, 0.1) is 40.3 Å². The number of quaternary nitrogens is 1. The second-order valence-corrected chi connectivity index (χ2v) is 14.5. The van der Waals surface area contributed by atoms with E-state index in [1.165, 1.54) is 32.1 Å². The van der Waals surface area contributed by atoms with Crippen LogP contribution in [0.1, 0.15) is 155 Å². The molecule has 0 bridgehead atoms. The van der Waals surface area contributed by atoms with E-state index >= 15 is 0 Å². The Kier molecular flexibility index (Phi) is 32.6. The van der Waals surface area contributed by atoms with E-state index in [0.717, 1.165) is 89.9 Å². The third-order valence-corrected chi connectivity index (χ3v) is 8.70. The van der Waals surface area contributed by atoms with Crippen LogP contribution in [0, 0.1) is 0 Å². The molecule has 0 amide bonds. The zero-order valence-corrected chi connectivity index (χ0v) is 33.3. The Morgan fingerprint density at radius 1 is 0.608 bits per heavy atom. The average molecular weight is 718 g/mol. The van der Waals surface area contributed by atoms with E-state index in [2.05, 4.69) is 62.5 Å². The van der Waals surface area contributed by atoms with Crippen molar-refractivity contribution in [3.8, 4) is 0 Å². The Hall–Kier alpha value is -2.71. The van der Waals surface area contributed by atoms with E-state index in [1.807, 2.05) is 0 Å². The van der Waals surface area contributed by atoms with Gasteiger partial charge in [-0.3, -0.25) is 9.59 Å². The third-order valence-electron chi connectivity index (χ3n) is 8.70. The maximum atomic E-state index is 12.6. The Labute approximate surface area is 312 Å². The van der Waals surface area contributed by atoms with Gasteiger partial charge in [0.25, 0.3) is 0 Å². The zero-order chi connectivity index (χ0) is 37.8. The van der Waals surface area contributed by atoms with Crippen LogP contribution in [0.15, 0.2) is 48.6 Å².